The Balaban J connectivity index is 2.08. The Morgan fingerprint density at radius 1 is 1.41 bits per heavy atom. The summed E-state index contributed by atoms with van der Waals surface area (Å²) in [7, 11) is 1.58. The highest BCUT2D eigenvalue weighted by atomic mass is 32.1. The predicted molar refractivity (Wildman–Crippen MR) is 91.1 cm³/mol. The molecule has 0 fully saturated rings. The van der Waals surface area contributed by atoms with E-state index in [0.717, 1.165) is 17.2 Å². The number of methoxy groups -OCH3 is 1. The molecule has 22 heavy (non-hydrogen) atoms. The van der Waals surface area contributed by atoms with Crippen LogP contribution in [-0.2, 0) is 0 Å². The Bertz CT molecular complexity index is 653. The Labute approximate surface area is 134 Å². The van der Waals surface area contributed by atoms with Gasteiger partial charge in [0.1, 0.15) is 11.4 Å². The molecule has 5 nitrogen and oxygen atoms in total. The zero-order valence-corrected chi connectivity index (χ0v) is 14.1. The smallest absolute Gasteiger partial charge is 0.275 e. The molecule has 2 aromatic rings. The van der Waals surface area contributed by atoms with Gasteiger partial charge < -0.3 is 15.4 Å². The van der Waals surface area contributed by atoms with Crippen molar-refractivity contribution < 1.29 is 9.53 Å². The first-order valence-corrected chi connectivity index (χ1v) is 8.03. The first-order valence-electron chi connectivity index (χ1n) is 7.15. The van der Waals surface area contributed by atoms with Gasteiger partial charge in [-0.3, -0.25) is 4.79 Å². The van der Waals surface area contributed by atoms with Crippen molar-refractivity contribution in [1.82, 2.24) is 4.98 Å². The molecule has 0 aliphatic carbocycles. The number of aryl methyl sites for hydroxylation is 1. The van der Waals surface area contributed by atoms with E-state index >= 15 is 0 Å². The highest BCUT2D eigenvalue weighted by Crippen LogP contribution is 2.26. The van der Waals surface area contributed by atoms with Gasteiger partial charge in [-0.25, -0.2) is 4.98 Å². The van der Waals surface area contributed by atoms with Crippen molar-refractivity contribution in [1.29, 1.82) is 0 Å². The lowest BCUT2D eigenvalue weighted by Gasteiger charge is -2.10. The highest BCUT2D eigenvalue weighted by molar-refractivity contribution is 7.13. The Hall–Kier alpha value is -2.08. The highest BCUT2D eigenvalue weighted by Gasteiger charge is 2.13. The fraction of sp³-hybridized carbons (Fsp3) is 0.375. The number of carbonyl (C=O) groups excluding carboxylic acids is 1. The maximum atomic E-state index is 12.3. The number of anilines is 2. The van der Waals surface area contributed by atoms with E-state index in [-0.39, 0.29) is 5.91 Å². The molecule has 0 unspecified atom stereocenters. The normalized spacial score (nSPS) is 10.6. The average molecular weight is 319 g/mol. The van der Waals surface area contributed by atoms with Crippen LogP contribution in [0.2, 0.25) is 0 Å². The summed E-state index contributed by atoms with van der Waals surface area (Å²) < 4.78 is 5.26. The number of nitrogens with one attached hydrogen (secondary N) is 2. The van der Waals surface area contributed by atoms with Crippen LogP contribution in [0.5, 0.6) is 5.75 Å². The van der Waals surface area contributed by atoms with Crippen molar-refractivity contribution in [2.75, 3.05) is 24.3 Å². The van der Waals surface area contributed by atoms with Crippen LogP contribution < -0.4 is 15.4 Å². The predicted octanol–water partition coefficient (Wildman–Crippen LogP) is 3.78. The van der Waals surface area contributed by atoms with E-state index < -0.39 is 0 Å². The molecule has 2 N–H and O–H groups in total. The summed E-state index contributed by atoms with van der Waals surface area (Å²) in [4.78, 5) is 16.6. The number of amides is 1. The van der Waals surface area contributed by atoms with Gasteiger partial charge in [-0.1, -0.05) is 19.9 Å². The summed E-state index contributed by atoms with van der Waals surface area (Å²) in [6, 6.07) is 5.65. The van der Waals surface area contributed by atoms with Crippen LogP contribution in [0.25, 0.3) is 0 Å². The van der Waals surface area contributed by atoms with Crippen molar-refractivity contribution in [3.63, 3.8) is 0 Å². The van der Waals surface area contributed by atoms with E-state index in [9.17, 15) is 4.79 Å². The molecule has 0 saturated heterocycles. The molecule has 0 aliphatic heterocycles. The Morgan fingerprint density at radius 2 is 2.18 bits per heavy atom. The van der Waals surface area contributed by atoms with Crippen LogP contribution >= 0.6 is 11.3 Å². The zero-order chi connectivity index (χ0) is 16.1. The number of thiazole rings is 1. The molecule has 0 aliphatic rings. The minimum absolute atomic E-state index is 0.238. The van der Waals surface area contributed by atoms with E-state index in [1.54, 1.807) is 12.5 Å². The monoisotopic (exact) mass is 319 g/mol. The van der Waals surface area contributed by atoms with Gasteiger partial charge in [-0.2, -0.15) is 0 Å². The molecule has 1 amide bonds. The summed E-state index contributed by atoms with van der Waals surface area (Å²) in [5.74, 6) is 0.919. The fourth-order valence-corrected chi connectivity index (χ4v) is 2.56. The van der Waals surface area contributed by atoms with E-state index in [1.807, 2.05) is 25.1 Å². The first kappa shape index (κ1) is 16.3. The molecule has 118 valence electrons. The van der Waals surface area contributed by atoms with Gasteiger partial charge in [0.05, 0.1) is 12.8 Å². The lowest BCUT2D eigenvalue weighted by atomic mass is 10.2. The summed E-state index contributed by atoms with van der Waals surface area (Å²) in [5, 5.41) is 8.58. The van der Waals surface area contributed by atoms with Crippen molar-refractivity contribution in [2.24, 2.45) is 5.92 Å². The van der Waals surface area contributed by atoms with Crippen LogP contribution in [0.1, 0.15) is 29.9 Å². The van der Waals surface area contributed by atoms with Crippen molar-refractivity contribution >= 4 is 28.1 Å². The summed E-state index contributed by atoms with van der Waals surface area (Å²) in [5.41, 5.74) is 2.10. The van der Waals surface area contributed by atoms with Gasteiger partial charge in [0.25, 0.3) is 5.91 Å². The van der Waals surface area contributed by atoms with Gasteiger partial charge in [-0.05, 0) is 30.5 Å². The number of benzene rings is 1. The lowest BCUT2D eigenvalue weighted by Crippen LogP contribution is -2.14. The molecular weight excluding hydrogens is 298 g/mol. The van der Waals surface area contributed by atoms with E-state index in [4.69, 9.17) is 4.74 Å². The van der Waals surface area contributed by atoms with Crippen molar-refractivity contribution in [3.8, 4) is 5.75 Å². The quantitative estimate of drug-likeness (QED) is 0.850. The van der Waals surface area contributed by atoms with Crippen molar-refractivity contribution in [2.45, 2.75) is 20.8 Å². The van der Waals surface area contributed by atoms with Gasteiger partial charge in [-0.15, -0.1) is 11.3 Å². The number of hydrogen-bond acceptors (Lipinski definition) is 5. The maximum Gasteiger partial charge on any atom is 0.275 e. The third-order valence-electron chi connectivity index (χ3n) is 3.00. The average Bonchev–Trinajstić information content (AvgIpc) is 2.94. The Kier molecular flexibility index (Phi) is 5.38. The number of hydrogen-bond donors (Lipinski definition) is 2. The summed E-state index contributed by atoms with van der Waals surface area (Å²) >= 11 is 1.43. The van der Waals surface area contributed by atoms with Gasteiger partial charge in [0, 0.05) is 11.9 Å². The second-order valence-electron chi connectivity index (χ2n) is 5.47. The third-order valence-corrected chi connectivity index (χ3v) is 3.80. The molecule has 1 aromatic carbocycles. The molecule has 0 saturated carbocycles. The standard InChI is InChI=1S/C16H21N3O2S/c1-10(2)8-17-16-19-13(9-22-16)15(20)18-12-7-11(3)5-6-14(12)21-4/h5-7,9-10H,8H2,1-4H3,(H,17,19)(H,18,20). The van der Waals surface area contributed by atoms with Gasteiger partial charge >= 0.3 is 0 Å². The minimum atomic E-state index is -0.238. The van der Waals surface area contributed by atoms with Gasteiger partial charge in [0.2, 0.25) is 0 Å². The van der Waals surface area contributed by atoms with Crippen molar-refractivity contribution in [3.05, 3.63) is 34.8 Å². The molecule has 0 radical (unpaired) electrons. The molecule has 6 heteroatoms. The lowest BCUT2D eigenvalue weighted by molar-refractivity contribution is 0.102. The van der Waals surface area contributed by atoms with Crippen LogP contribution in [0, 0.1) is 12.8 Å². The van der Waals surface area contributed by atoms with E-state index in [0.29, 0.717) is 23.0 Å². The van der Waals surface area contributed by atoms with Crippen LogP contribution in [0.15, 0.2) is 23.6 Å². The Morgan fingerprint density at radius 3 is 2.86 bits per heavy atom. The summed E-state index contributed by atoms with van der Waals surface area (Å²) in [6.45, 7) is 7.04. The number of nitrogens with zero attached hydrogens (tertiary/aromatic N) is 1. The topological polar surface area (TPSA) is 63.2 Å². The van der Waals surface area contributed by atoms with E-state index in [1.165, 1.54) is 11.3 Å². The molecule has 0 spiro atoms. The third kappa shape index (κ3) is 4.21. The first-order chi connectivity index (χ1) is 10.5. The number of carbonyl (C=O) groups is 1. The number of aromatic nitrogens is 1. The number of rotatable bonds is 6. The molecule has 0 atom stereocenters. The largest absolute Gasteiger partial charge is 0.495 e. The van der Waals surface area contributed by atoms with Crippen LogP contribution in [0.4, 0.5) is 10.8 Å². The molecule has 0 bridgehead atoms. The molecule has 1 heterocycles. The second-order valence-corrected chi connectivity index (χ2v) is 6.33. The zero-order valence-electron chi connectivity index (χ0n) is 13.3. The van der Waals surface area contributed by atoms with Crippen LogP contribution in [0.3, 0.4) is 0 Å². The maximum absolute atomic E-state index is 12.3. The van der Waals surface area contributed by atoms with Crippen LogP contribution in [-0.4, -0.2) is 24.5 Å². The molecule has 2 rings (SSSR count). The minimum Gasteiger partial charge on any atom is -0.495 e. The fourth-order valence-electron chi connectivity index (χ4n) is 1.86. The number of ether oxygens (including phenoxy) is 1. The van der Waals surface area contributed by atoms with Gasteiger partial charge in [0.15, 0.2) is 5.13 Å². The van der Waals surface area contributed by atoms with E-state index in [2.05, 4.69) is 29.5 Å². The SMILES string of the molecule is COc1ccc(C)cc1NC(=O)c1csc(NCC(C)C)n1. The molecular formula is C16H21N3O2S. The molecule has 1 aromatic heterocycles. The summed E-state index contributed by atoms with van der Waals surface area (Å²) in [6.07, 6.45) is 0. The second kappa shape index (κ2) is 7.26.